The van der Waals surface area contributed by atoms with Crippen LogP contribution in [-0.2, 0) is 4.79 Å². The number of Topliss-reactive ketones (excluding diaryl/α,β-unsaturated/α-hetero) is 1. The van der Waals surface area contributed by atoms with Gasteiger partial charge < -0.3 is 16.4 Å². The van der Waals surface area contributed by atoms with Gasteiger partial charge in [-0.3, -0.25) is 9.79 Å². The van der Waals surface area contributed by atoms with Crippen molar-refractivity contribution in [2.45, 2.75) is 66.0 Å². The third-order valence-corrected chi connectivity index (χ3v) is 2.88. The van der Waals surface area contributed by atoms with E-state index in [0.29, 0.717) is 5.96 Å². The van der Waals surface area contributed by atoms with E-state index in [1.54, 1.807) is 7.05 Å². The molecule has 20 heavy (non-hydrogen) atoms. The molecular formula is C15H32N4O. The Bertz CT molecular complexity index is 337. The van der Waals surface area contributed by atoms with Gasteiger partial charge in [-0.25, -0.2) is 0 Å². The molecule has 5 heteroatoms. The first kappa shape index (κ1) is 18.9. The maximum absolute atomic E-state index is 12.5. The van der Waals surface area contributed by atoms with Crippen molar-refractivity contribution in [1.82, 2.24) is 10.6 Å². The third-order valence-electron chi connectivity index (χ3n) is 2.88. The van der Waals surface area contributed by atoms with Gasteiger partial charge in [-0.1, -0.05) is 20.8 Å². The van der Waals surface area contributed by atoms with Gasteiger partial charge >= 0.3 is 0 Å². The zero-order valence-electron chi connectivity index (χ0n) is 14.1. The first-order chi connectivity index (χ1) is 8.97. The zero-order valence-corrected chi connectivity index (χ0v) is 14.1. The molecule has 0 unspecified atom stereocenters. The molecule has 0 saturated heterocycles. The Morgan fingerprint density at radius 2 is 1.75 bits per heavy atom. The van der Waals surface area contributed by atoms with Crippen LogP contribution < -0.4 is 16.4 Å². The number of hydrogen-bond donors (Lipinski definition) is 3. The second-order valence-corrected chi connectivity index (χ2v) is 7.24. The van der Waals surface area contributed by atoms with Crippen molar-refractivity contribution < 1.29 is 4.79 Å². The van der Waals surface area contributed by atoms with E-state index in [0.717, 1.165) is 19.4 Å². The summed E-state index contributed by atoms with van der Waals surface area (Å²) in [5.41, 5.74) is 5.16. The monoisotopic (exact) mass is 284 g/mol. The van der Waals surface area contributed by atoms with Gasteiger partial charge in [0.15, 0.2) is 11.7 Å². The Balaban J connectivity index is 4.52. The third kappa shape index (κ3) is 8.15. The van der Waals surface area contributed by atoms with Crippen LogP contribution in [0, 0.1) is 5.41 Å². The topological polar surface area (TPSA) is 79.5 Å². The number of nitrogens with one attached hydrogen (secondary N) is 2. The Morgan fingerprint density at radius 3 is 2.15 bits per heavy atom. The summed E-state index contributed by atoms with van der Waals surface area (Å²) in [4.78, 5) is 16.3. The summed E-state index contributed by atoms with van der Waals surface area (Å²) in [6, 6.07) is -0.128. The molecule has 118 valence electrons. The van der Waals surface area contributed by atoms with Crippen LogP contribution in [0.1, 0.15) is 54.4 Å². The van der Waals surface area contributed by atoms with E-state index in [-0.39, 0.29) is 22.8 Å². The number of carbonyl (C=O) groups excluding carboxylic acids is 1. The molecule has 0 aromatic heterocycles. The highest BCUT2D eigenvalue weighted by atomic mass is 16.1. The Hall–Kier alpha value is -1.10. The van der Waals surface area contributed by atoms with Gasteiger partial charge in [0.05, 0.1) is 6.04 Å². The molecule has 5 nitrogen and oxygen atoms in total. The number of carbonyl (C=O) groups is 1. The number of guanidine groups is 1. The minimum absolute atomic E-state index is 0.0804. The van der Waals surface area contributed by atoms with Crippen LogP contribution in [0.2, 0.25) is 0 Å². The van der Waals surface area contributed by atoms with Gasteiger partial charge in [-0.2, -0.15) is 0 Å². The highest BCUT2D eigenvalue weighted by Gasteiger charge is 2.31. The van der Waals surface area contributed by atoms with E-state index in [2.05, 4.69) is 36.4 Å². The minimum atomic E-state index is -0.333. The highest BCUT2D eigenvalue weighted by molar-refractivity contribution is 5.88. The Morgan fingerprint density at radius 1 is 1.20 bits per heavy atom. The van der Waals surface area contributed by atoms with Gasteiger partial charge in [-0.15, -0.1) is 0 Å². The van der Waals surface area contributed by atoms with E-state index < -0.39 is 0 Å². The van der Waals surface area contributed by atoms with E-state index in [4.69, 9.17) is 5.73 Å². The van der Waals surface area contributed by atoms with Crippen molar-refractivity contribution in [3.63, 3.8) is 0 Å². The van der Waals surface area contributed by atoms with Crippen LogP contribution in [0.4, 0.5) is 0 Å². The summed E-state index contributed by atoms with van der Waals surface area (Å²) in [5.74, 6) is 0.692. The Kier molecular flexibility index (Phi) is 7.20. The summed E-state index contributed by atoms with van der Waals surface area (Å²) in [6.07, 6.45) is 1.66. The standard InChI is InChI=1S/C15H32N4O/c1-14(2,3)12(20)11(19-15(4,5)6)9-8-10-18-13(16)17-7/h11,19H,8-10H2,1-7H3,(H3,16,17,18)/t11-/m0/s1. The number of rotatable bonds is 6. The van der Waals surface area contributed by atoms with Gasteiger partial charge in [0, 0.05) is 24.5 Å². The molecule has 0 aliphatic carbocycles. The number of nitrogens with zero attached hydrogens (tertiary/aromatic N) is 1. The fraction of sp³-hybridized carbons (Fsp3) is 0.867. The maximum Gasteiger partial charge on any atom is 0.188 e. The number of nitrogens with two attached hydrogens (primary N) is 1. The quantitative estimate of drug-likeness (QED) is 0.394. The van der Waals surface area contributed by atoms with E-state index >= 15 is 0 Å². The lowest BCUT2D eigenvalue weighted by Gasteiger charge is -2.31. The summed E-state index contributed by atoms with van der Waals surface area (Å²) in [6.45, 7) is 12.9. The van der Waals surface area contributed by atoms with E-state index in [1.165, 1.54) is 0 Å². The predicted octanol–water partition coefficient (Wildman–Crippen LogP) is 1.67. The summed E-state index contributed by atoms with van der Waals surface area (Å²) >= 11 is 0. The predicted molar refractivity (Wildman–Crippen MR) is 85.9 cm³/mol. The van der Waals surface area contributed by atoms with Crippen LogP contribution in [0.3, 0.4) is 0 Å². The average molecular weight is 284 g/mol. The summed E-state index contributed by atoms with van der Waals surface area (Å²) < 4.78 is 0. The second kappa shape index (κ2) is 7.62. The lowest BCUT2D eigenvalue weighted by Crippen LogP contribution is -2.51. The molecule has 1 atom stereocenters. The molecule has 0 heterocycles. The molecule has 0 amide bonds. The van der Waals surface area contributed by atoms with E-state index in [1.807, 2.05) is 20.8 Å². The lowest BCUT2D eigenvalue weighted by atomic mass is 9.84. The molecule has 0 spiro atoms. The van der Waals surface area contributed by atoms with Crippen LogP contribution in [-0.4, -0.2) is 36.9 Å². The van der Waals surface area contributed by atoms with Gasteiger partial charge in [0.25, 0.3) is 0 Å². The molecular weight excluding hydrogens is 252 g/mol. The first-order valence-electron chi connectivity index (χ1n) is 7.25. The number of hydrogen-bond acceptors (Lipinski definition) is 3. The lowest BCUT2D eigenvalue weighted by molar-refractivity contribution is -0.129. The van der Waals surface area contributed by atoms with Gasteiger partial charge in [0.1, 0.15) is 0 Å². The first-order valence-corrected chi connectivity index (χ1v) is 7.25. The molecule has 0 bridgehead atoms. The molecule has 0 rings (SSSR count). The fourth-order valence-corrected chi connectivity index (χ4v) is 1.92. The van der Waals surface area contributed by atoms with Gasteiger partial charge in [0.2, 0.25) is 0 Å². The molecule has 0 fully saturated rings. The van der Waals surface area contributed by atoms with Crippen molar-refractivity contribution >= 4 is 11.7 Å². The molecule has 0 aliphatic rings. The normalized spacial score (nSPS) is 15.1. The number of aliphatic imine (C=N–C) groups is 1. The molecule has 0 aromatic carbocycles. The summed E-state index contributed by atoms with van der Waals surface area (Å²) in [5, 5.41) is 6.44. The highest BCUT2D eigenvalue weighted by Crippen LogP contribution is 2.20. The van der Waals surface area contributed by atoms with Crippen LogP contribution in [0.15, 0.2) is 4.99 Å². The second-order valence-electron chi connectivity index (χ2n) is 7.24. The average Bonchev–Trinajstić information content (AvgIpc) is 2.29. The SMILES string of the molecule is CN=C(N)NCCC[C@H](NC(C)(C)C)C(=O)C(C)(C)C. The molecule has 0 radical (unpaired) electrons. The van der Waals surface area contributed by atoms with Crippen molar-refractivity contribution in [2.75, 3.05) is 13.6 Å². The van der Waals surface area contributed by atoms with Crippen LogP contribution >= 0.6 is 0 Å². The van der Waals surface area contributed by atoms with E-state index in [9.17, 15) is 4.79 Å². The molecule has 0 saturated carbocycles. The van der Waals surface area contributed by atoms with Crippen molar-refractivity contribution in [3.8, 4) is 0 Å². The molecule has 0 aliphatic heterocycles. The molecule has 0 aromatic rings. The minimum Gasteiger partial charge on any atom is -0.370 e. The van der Waals surface area contributed by atoms with Crippen LogP contribution in [0.5, 0.6) is 0 Å². The largest absolute Gasteiger partial charge is 0.370 e. The molecule has 4 N–H and O–H groups in total. The number of ketones is 1. The van der Waals surface area contributed by atoms with Crippen molar-refractivity contribution in [1.29, 1.82) is 0 Å². The van der Waals surface area contributed by atoms with Crippen molar-refractivity contribution in [3.05, 3.63) is 0 Å². The fourth-order valence-electron chi connectivity index (χ4n) is 1.92. The maximum atomic E-state index is 12.5. The zero-order chi connectivity index (χ0) is 16.0. The van der Waals surface area contributed by atoms with Gasteiger partial charge in [-0.05, 0) is 33.6 Å². The Labute approximate surface area is 123 Å². The smallest absolute Gasteiger partial charge is 0.188 e. The van der Waals surface area contributed by atoms with Crippen molar-refractivity contribution in [2.24, 2.45) is 16.1 Å². The summed E-state index contributed by atoms with van der Waals surface area (Å²) in [7, 11) is 1.65. The van der Waals surface area contributed by atoms with Crippen LogP contribution in [0.25, 0.3) is 0 Å².